The molecule has 1 aromatic heterocycles. The molecular weight excluding hydrogens is 319 g/mol. The molecule has 6 heteroatoms. The van der Waals surface area contributed by atoms with Gasteiger partial charge >= 0.3 is 0 Å². The summed E-state index contributed by atoms with van der Waals surface area (Å²) in [6.45, 7) is 2.67. The Kier molecular flexibility index (Phi) is 5.59. The van der Waals surface area contributed by atoms with Crippen LogP contribution in [0.4, 0.5) is 10.2 Å². The van der Waals surface area contributed by atoms with Crippen LogP contribution in [0.15, 0.2) is 42.6 Å². The Morgan fingerprint density at radius 3 is 2.84 bits per heavy atom. The quantitative estimate of drug-likeness (QED) is 0.904. The van der Waals surface area contributed by atoms with Crippen LogP contribution in [0.5, 0.6) is 0 Å². The van der Waals surface area contributed by atoms with Crippen molar-refractivity contribution in [1.82, 2.24) is 9.88 Å². The van der Waals surface area contributed by atoms with Gasteiger partial charge in [-0.25, -0.2) is 9.37 Å². The summed E-state index contributed by atoms with van der Waals surface area (Å²) in [5.74, 6) is 0.475. The van der Waals surface area contributed by atoms with Gasteiger partial charge in [0.15, 0.2) is 0 Å². The first kappa shape index (κ1) is 17.3. The van der Waals surface area contributed by atoms with E-state index >= 15 is 0 Å². The molecule has 0 radical (unpaired) electrons. The molecule has 1 fully saturated rings. The molecule has 5 nitrogen and oxygen atoms in total. The number of rotatable bonds is 5. The van der Waals surface area contributed by atoms with E-state index in [0.29, 0.717) is 43.0 Å². The highest BCUT2D eigenvalue weighted by atomic mass is 19.1. The van der Waals surface area contributed by atoms with Gasteiger partial charge in [0.25, 0.3) is 0 Å². The number of hydrogen-bond acceptors (Lipinski definition) is 5. The van der Waals surface area contributed by atoms with Crippen LogP contribution >= 0.6 is 0 Å². The van der Waals surface area contributed by atoms with Gasteiger partial charge in [-0.05, 0) is 24.6 Å². The number of aromatic nitrogens is 1. The maximum absolute atomic E-state index is 14.0. The third kappa shape index (κ3) is 3.95. The molecule has 1 aromatic carbocycles. The predicted molar refractivity (Wildman–Crippen MR) is 93.5 cm³/mol. The van der Waals surface area contributed by atoms with Gasteiger partial charge in [-0.15, -0.1) is 0 Å². The van der Waals surface area contributed by atoms with Gasteiger partial charge in [0.2, 0.25) is 0 Å². The number of nitrogens with zero attached hydrogens (tertiary/aromatic N) is 4. The van der Waals surface area contributed by atoms with Crippen molar-refractivity contribution in [3.05, 3.63) is 59.5 Å². The smallest absolute Gasteiger partial charge is 0.146 e. The first-order valence-corrected chi connectivity index (χ1v) is 8.41. The highest BCUT2D eigenvalue weighted by Crippen LogP contribution is 2.23. The Bertz CT molecular complexity index is 761. The van der Waals surface area contributed by atoms with Crippen LogP contribution in [0.3, 0.4) is 0 Å². The third-order valence-corrected chi connectivity index (χ3v) is 4.60. The molecule has 0 aliphatic carbocycles. The number of anilines is 1. The largest absolute Gasteiger partial charge is 0.396 e. The normalized spacial score (nSPS) is 18.1. The fourth-order valence-electron chi connectivity index (χ4n) is 3.30. The number of nitriles is 1. The van der Waals surface area contributed by atoms with E-state index in [1.165, 1.54) is 6.07 Å². The van der Waals surface area contributed by atoms with E-state index in [2.05, 4.69) is 20.9 Å². The number of piperazine rings is 1. The zero-order valence-electron chi connectivity index (χ0n) is 14.0. The fraction of sp³-hybridized carbons (Fsp3) is 0.368. The second-order valence-corrected chi connectivity index (χ2v) is 6.16. The predicted octanol–water partition coefficient (Wildman–Crippen LogP) is 2.17. The number of aliphatic hydroxyl groups excluding tert-OH is 1. The van der Waals surface area contributed by atoms with E-state index in [1.54, 1.807) is 30.5 Å². The zero-order valence-corrected chi connectivity index (χ0v) is 14.0. The van der Waals surface area contributed by atoms with Crippen molar-refractivity contribution in [3.8, 4) is 6.07 Å². The Labute approximate surface area is 146 Å². The molecule has 0 bridgehead atoms. The van der Waals surface area contributed by atoms with Gasteiger partial charge in [-0.3, -0.25) is 4.90 Å². The molecule has 0 unspecified atom stereocenters. The van der Waals surface area contributed by atoms with Gasteiger partial charge in [-0.1, -0.05) is 18.2 Å². The SMILES string of the molecule is N#Cc1cccnc1N1CCN(Cc2ccccc2F)[C@@H](CCO)C1. The molecule has 2 heterocycles. The summed E-state index contributed by atoms with van der Waals surface area (Å²) in [7, 11) is 0. The second kappa shape index (κ2) is 8.06. The van der Waals surface area contributed by atoms with Gasteiger partial charge in [0.1, 0.15) is 17.7 Å². The van der Waals surface area contributed by atoms with Crippen molar-refractivity contribution < 1.29 is 9.50 Å². The lowest BCUT2D eigenvalue weighted by molar-refractivity contribution is 0.134. The minimum absolute atomic E-state index is 0.0691. The maximum atomic E-state index is 14.0. The van der Waals surface area contributed by atoms with Crippen LogP contribution in [0, 0.1) is 17.1 Å². The van der Waals surface area contributed by atoms with E-state index in [9.17, 15) is 14.8 Å². The fourth-order valence-corrected chi connectivity index (χ4v) is 3.30. The average Bonchev–Trinajstić information content (AvgIpc) is 2.65. The number of benzene rings is 1. The highest BCUT2D eigenvalue weighted by molar-refractivity contribution is 5.53. The summed E-state index contributed by atoms with van der Waals surface area (Å²) in [6, 6.07) is 12.6. The van der Waals surface area contributed by atoms with Crippen molar-refractivity contribution in [2.45, 2.75) is 19.0 Å². The molecule has 1 aliphatic heterocycles. The van der Waals surface area contributed by atoms with Crippen LogP contribution in [-0.2, 0) is 6.54 Å². The molecule has 0 saturated carbocycles. The van der Waals surface area contributed by atoms with Crippen molar-refractivity contribution in [2.24, 2.45) is 0 Å². The minimum atomic E-state index is -0.204. The van der Waals surface area contributed by atoms with Crippen molar-refractivity contribution in [3.63, 3.8) is 0 Å². The van der Waals surface area contributed by atoms with Crippen molar-refractivity contribution in [1.29, 1.82) is 5.26 Å². The average molecular weight is 340 g/mol. The minimum Gasteiger partial charge on any atom is -0.396 e. The summed E-state index contributed by atoms with van der Waals surface area (Å²) in [4.78, 5) is 8.63. The molecule has 1 saturated heterocycles. The molecule has 0 spiro atoms. The second-order valence-electron chi connectivity index (χ2n) is 6.16. The number of hydrogen-bond donors (Lipinski definition) is 1. The zero-order chi connectivity index (χ0) is 17.6. The number of halogens is 1. The molecular formula is C19H21FN4O. The molecule has 1 atom stereocenters. The van der Waals surface area contributed by atoms with Gasteiger partial charge < -0.3 is 10.0 Å². The van der Waals surface area contributed by atoms with E-state index in [1.807, 2.05) is 6.07 Å². The number of aliphatic hydroxyl groups is 1. The lowest BCUT2D eigenvalue weighted by Gasteiger charge is -2.42. The monoisotopic (exact) mass is 340 g/mol. The standard InChI is InChI=1S/C19H21FN4O/c20-18-6-2-1-4-16(18)13-23-9-10-24(14-17(23)7-11-25)19-15(12-21)5-3-8-22-19/h1-6,8,17,25H,7,9-11,13-14H2/t17-/m0/s1. The molecule has 2 aromatic rings. The Balaban J connectivity index is 1.77. The van der Waals surface area contributed by atoms with Crippen LogP contribution in [0.1, 0.15) is 17.5 Å². The summed E-state index contributed by atoms with van der Waals surface area (Å²) < 4.78 is 14.0. The van der Waals surface area contributed by atoms with Crippen LogP contribution < -0.4 is 4.90 Å². The van der Waals surface area contributed by atoms with E-state index in [4.69, 9.17) is 0 Å². The summed E-state index contributed by atoms with van der Waals surface area (Å²) in [5, 5.41) is 18.7. The topological polar surface area (TPSA) is 63.4 Å². The lowest BCUT2D eigenvalue weighted by atomic mass is 10.1. The number of pyridine rings is 1. The molecule has 1 N–H and O–H groups in total. The van der Waals surface area contributed by atoms with Crippen molar-refractivity contribution >= 4 is 5.82 Å². The maximum Gasteiger partial charge on any atom is 0.146 e. The molecule has 0 amide bonds. The first-order chi connectivity index (χ1) is 12.2. The highest BCUT2D eigenvalue weighted by Gasteiger charge is 2.28. The van der Waals surface area contributed by atoms with Gasteiger partial charge in [0.05, 0.1) is 5.56 Å². The van der Waals surface area contributed by atoms with E-state index < -0.39 is 0 Å². The van der Waals surface area contributed by atoms with Crippen LogP contribution in [-0.4, -0.2) is 47.3 Å². The van der Waals surface area contributed by atoms with Gasteiger partial charge in [0, 0.05) is 50.6 Å². The Morgan fingerprint density at radius 1 is 1.24 bits per heavy atom. The first-order valence-electron chi connectivity index (χ1n) is 8.41. The van der Waals surface area contributed by atoms with E-state index in [-0.39, 0.29) is 18.5 Å². The molecule has 1 aliphatic rings. The van der Waals surface area contributed by atoms with Crippen LogP contribution in [0.2, 0.25) is 0 Å². The van der Waals surface area contributed by atoms with Gasteiger partial charge in [-0.2, -0.15) is 5.26 Å². The summed E-state index contributed by atoms with van der Waals surface area (Å²) in [6.07, 6.45) is 2.28. The van der Waals surface area contributed by atoms with E-state index in [0.717, 1.165) is 6.54 Å². The lowest BCUT2D eigenvalue weighted by Crippen LogP contribution is -2.53. The molecule has 130 valence electrons. The molecule has 25 heavy (non-hydrogen) atoms. The molecule has 3 rings (SSSR count). The summed E-state index contributed by atoms with van der Waals surface area (Å²) in [5.41, 5.74) is 1.21. The third-order valence-electron chi connectivity index (χ3n) is 4.60. The van der Waals surface area contributed by atoms with Crippen molar-refractivity contribution in [2.75, 3.05) is 31.1 Å². The Morgan fingerprint density at radius 2 is 2.08 bits per heavy atom. The van der Waals surface area contributed by atoms with Crippen LogP contribution in [0.25, 0.3) is 0 Å². The summed E-state index contributed by atoms with van der Waals surface area (Å²) >= 11 is 0. The Hall–Kier alpha value is -2.49.